The summed E-state index contributed by atoms with van der Waals surface area (Å²) in [6.07, 6.45) is 0.144. The van der Waals surface area contributed by atoms with Gasteiger partial charge in [0, 0.05) is 0 Å². The van der Waals surface area contributed by atoms with Crippen LogP contribution in [-0.2, 0) is 4.74 Å². The lowest BCUT2D eigenvalue weighted by atomic mass is 10.2. The molecule has 0 radical (unpaired) electrons. The van der Waals surface area contributed by atoms with Crippen molar-refractivity contribution in [2.45, 2.75) is 50.7 Å². The van der Waals surface area contributed by atoms with Gasteiger partial charge in [0.2, 0.25) is 0 Å². The molecular weight excluding hydrogens is 168 g/mol. The highest BCUT2D eigenvalue weighted by Crippen LogP contribution is 2.45. The fraction of sp³-hybridized carbons (Fsp3) is 1.00. The first-order valence-electron chi connectivity index (χ1n) is 4.57. The summed E-state index contributed by atoms with van der Waals surface area (Å²) >= 11 is 0. The third kappa shape index (κ3) is 1.58. The Balaban J connectivity index is 2.62. The van der Waals surface area contributed by atoms with Gasteiger partial charge in [-0.15, -0.1) is 0 Å². The summed E-state index contributed by atoms with van der Waals surface area (Å²) in [4.78, 5) is 0. The molecule has 1 aliphatic heterocycles. The highest BCUT2D eigenvalue weighted by molar-refractivity contribution is 6.82. The van der Waals surface area contributed by atoms with Crippen molar-refractivity contribution in [3.63, 3.8) is 0 Å². The number of ether oxygens (including phenoxy) is 1. The van der Waals surface area contributed by atoms with E-state index in [0.717, 1.165) is 0 Å². The van der Waals surface area contributed by atoms with Crippen LogP contribution in [0.25, 0.3) is 0 Å². The molecule has 2 atom stereocenters. The van der Waals surface area contributed by atoms with Crippen LogP contribution in [0.4, 0.5) is 0 Å². The fourth-order valence-electron chi connectivity index (χ4n) is 1.34. The van der Waals surface area contributed by atoms with Gasteiger partial charge in [-0.2, -0.15) is 0 Å². The summed E-state index contributed by atoms with van der Waals surface area (Å²) in [7, 11) is -1.34. The van der Waals surface area contributed by atoms with E-state index < -0.39 is 8.07 Å². The molecule has 1 N–H and O–H groups in total. The molecule has 0 unspecified atom stereocenters. The van der Waals surface area contributed by atoms with Gasteiger partial charge in [-0.3, -0.25) is 0 Å². The Morgan fingerprint density at radius 2 is 1.83 bits per heavy atom. The Hall–Kier alpha value is 0.137. The number of aliphatic hydroxyl groups excluding tert-OH is 1. The molecule has 0 bridgehead atoms. The Bertz CT molecular complexity index is 172. The summed E-state index contributed by atoms with van der Waals surface area (Å²) < 4.78 is 5.47. The third-order valence-electron chi connectivity index (χ3n) is 3.41. The van der Waals surface area contributed by atoms with E-state index in [1.165, 1.54) is 0 Å². The molecule has 1 rings (SSSR count). The standard InChI is InChI=1S/C9H20O2Si/c1-9(2,3)12(4,5)8-7(6-10)11-8/h7-8,10H,6H2,1-5H3/t7-,8+/m0/s1. The highest BCUT2D eigenvalue weighted by atomic mass is 28.3. The van der Waals surface area contributed by atoms with Crippen molar-refractivity contribution in [3.8, 4) is 0 Å². The number of rotatable bonds is 2. The van der Waals surface area contributed by atoms with E-state index in [9.17, 15) is 0 Å². The zero-order chi connectivity index (χ0) is 9.57. The largest absolute Gasteiger partial charge is 0.394 e. The van der Waals surface area contributed by atoms with Crippen LogP contribution in [-0.4, -0.2) is 31.6 Å². The highest BCUT2D eigenvalue weighted by Gasteiger charge is 2.55. The van der Waals surface area contributed by atoms with Crippen molar-refractivity contribution >= 4 is 8.07 Å². The monoisotopic (exact) mass is 188 g/mol. The topological polar surface area (TPSA) is 32.8 Å². The summed E-state index contributed by atoms with van der Waals surface area (Å²) in [6.45, 7) is 11.7. The average molecular weight is 188 g/mol. The maximum atomic E-state index is 8.90. The quantitative estimate of drug-likeness (QED) is 0.529. The number of epoxide rings is 1. The fourth-order valence-corrected chi connectivity index (χ4v) is 3.75. The van der Waals surface area contributed by atoms with Crippen molar-refractivity contribution < 1.29 is 9.84 Å². The van der Waals surface area contributed by atoms with Crippen LogP contribution >= 0.6 is 0 Å². The van der Waals surface area contributed by atoms with Crippen LogP contribution in [0.15, 0.2) is 0 Å². The first-order chi connectivity index (χ1) is 5.30. The second-order valence-corrected chi connectivity index (χ2v) is 10.8. The predicted octanol–water partition coefficient (Wildman–Crippen LogP) is 1.79. The zero-order valence-electron chi connectivity index (χ0n) is 8.72. The lowest BCUT2D eigenvalue weighted by molar-refractivity contribution is 0.243. The molecule has 0 spiro atoms. The number of hydrogen-bond acceptors (Lipinski definition) is 2. The lowest BCUT2D eigenvalue weighted by Gasteiger charge is -2.35. The van der Waals surface area contributed by atoms with Crippen LogP contribution in [0.5, 0.6) is 0 Å². The molecular formula is C9H20O2Si. The molecule has 3 heteroatoms. The van der Waals surface area contributed by atoms with Gasteiger partial charge in [0.05, 0.1) is 20.4 Å². The Labute approximate surface area is 75.9 Å². The molecule has 1 fully saturated rings. The van der Waals surface area contributed by atoms with E-state index in [0.29, 0.717) is 10.8 Å². The van der Waals surface area contributed by atoms with Crippen LogP contribution in [0.3, 0.4) is 0 Å². The first-order valence-corrected chi connectivity index (χ1v) is 7.65. The lowest BCUT2D eigenvalue weighted by Crippen LogP contribution is -2.44. The molecule has 0 amide bonds. The van der Waals surface area contributed by atoms with E-state index in [-0.39, 0.29) is 12.7 Å². The molecule has 0 aromatic rings. The van der Waals surface area contributed by atoms with E-state index in [1.54, 1.807) is 0 Å². The van der Waals surface area contributed by atoms with E-state index >= 15 is 0 Å². The van der Waals surface area contributed by atoms with Crippen molar-refractivity contribution in [1.82, 2.24) is 0 Å². The number of aliphatic hydroxyl groups is 1. The van der Waals surface area contributed by atoms with Crippen LogP contribution < -0.4 is 0 Å². The van der Waals surface area contributed by atoms with Gasteiger partial charge in [0.25, 0.3) is 0 Å². The molecule has 0 saturated carbocycles. The third-order valence-corrected chi connectivity index (χ3v) is 9.20. The molecule has 1 aliphatic rings. The van der Waals surface area contributed by atoms with Crippen molar-refractivity contribution in [1.29, 1.82) is 0 Å². The van der Waals surface area contributed by atoms with Crippen molar-refractivity contribution in [3.05, 3.63) is 0 Å². The molecule has 0 aliphatic carbocycles. The minimum absolute atomic E-state index is 0.144. The van der Waals surface area contributed by atoms with Gasteiger partial charge in [0.15, 0.2) is 0 Å². The van der Waals surface area contributed by atoms with Crippen molar-refractivity contribution in [2.75, 3.05) is 6.61 Å². The van der Waals surface area contributed by atoms with Gasteiger partial charge in [-0.1, -0.05) is 33.9 Å². The molecule has 1 heterocycles. The van der Waals surface area contributed by atoms with Crippen LogP contribution in [0, 0.1) is 0 Å². The van der Waals surface area contributed by atoms with E-state index in [1.807, 2.05) is 0 Å². The minimum atomic E-state index is -1.34. The average Bonchev–Trinajstić information content (AvgIpc) is 2.62. The second kappa shape index (κ2) is 2.82. The maximum Gasteiger partial charge on any atom is 0.104 e. The van der Waals surface area contributed by atoms with E-state index in [4.69, 9.17) is 9.84 Å². The normalized spacial score (nSPS) is 30.5. The minimum Gasteiger partial charge on any atom is -0.394 e. The summed E-state index contributed by atoms with van der Waals surface area (Å²) in [5.41, 5.74) is 0.377. The summed E-state index contributed by atoms with van der Waals surface area (Å²) in [5.74, 6) is 0. The molecule has 12 heavy (non-hydrogen) atoms. The maximum absolute atomic E-state index is 8.90. The van der Waals surface area contributed by atoms with E-state index in [2.05, 4.69) is 33.9 Å². The number of hydrogen-bond donors (Lipinski definition) is 1. The SMILES string of the molecule is CC(C)(C)[Si](C)(C)[C@H]1O[C@H]1CO. The first kappa shape index (κ1) is 10.2. The van der Waals surface area contributed by atoms with Gasteiger partial charge in [-0.25, -0.2) is 0 Å². The van der Waals surface area contributed by atoms with Crippen molar-refractivity contribution in [2.24, 2.45) is 0 Å². The molecule has 2 nitrogen and oxygen atoms in total. The Kier molecular flexibility index (Phi) is 2.40. The van der Waals surface area contributed by atoms with Gasteiger partial charge >= 0.3 is 0 Å². The van der Waals surface area contributed by atoms with Gasteiger partial charge in [0.1, 0.15) is 6.10 Å². The predicted molar refractivity (Wildman–Crippen MR) is 52.9 cm³/mol. The van der Waals surface area contributed by atoms with Crippen LogP contribution in [0.2, 0.25) is 18.1 Å². The van der Waals surface area contributed by atoms with Gasteiger partial charge in [-0.05, 0) is 5.04 Å². The summed E-state index contributed by atoms with van der Waals surface area (Å²) in [5, 5.41) is 9.27. The Morgan fingerprint density at radius 1 is 1.33 bits per heavy atom. The molecule has 0 aromatic heterocycles. The summed E-state index contributed by atoms with van der Waals surface area (Å²) in [6, 6.07) is 0. The molecule has 72 valence electrons. The Morgan fingerprint density at radius 3 is 2.08 bits per heavy atom. The smallest absolute Gasteiger partial charge is 0.104 e. The molecule has 1 saturated heterocycles. The molecule has 0 aromatic carbocycles. The van der Waals surface area contributed by atoms with Crippen LogP contribution in [0.1, 0.15) is 20.8 Å². The second-order valence-electron chi connectivity index (χ2n) is 5.25. The van der Waals surface area contributed by atoms with Gasteiger partial charge < -0.3 is 9.84 Å². The zero-order valence-corrected chi connectivity index (χ0v) is 9.72.